The molecule has 0 bridgehead atoms. The van der Waals surface area contributed by atoms with E-state index in [4.69, 9.17) is 11.6 Å². The van der Waals surface area contributed by atoms with Crippen molar-refractivity contribution in [3.63, 3.8) is 0 Å². The molecule has 0 amide bonds. The predicted molar refractivity (Wildman–Crippen MR) is 113 cm³/mol. The number of pyridine rings is 1. The third-order valence-electron chi connectivity index (χ3n) is 5.23. The number of rotatable bonds is 6. The average molecular weight is 469 g/mol. The fourth-order valence-corrected chi connectivity index (χ4v) is 5.21. The van der Waals surface area contributed by atoms with Crippen molar-refractivity contribution in [1.82, 2.24) is 19.5 Å². The van der Waals surface area contributed by atoms with Gasteiger partial charge >= 0.3 is 5.97 Å². The molecule has 3 aromatic rings. The van der Waals surface area contributed by atoms with Crippen LogP contribution in [0.5, 0.6) is 0 Å². The van der Waals surface area contributed by atoms with Gasteiger partial charge in [0.05, 0.1) is 17.4 Å². The number of nitrogens with one attached hydrogen (secondary N) is 1. The van der Waals surface area contributed by atoms with Crippen molar-refractivity contribution < 1.29 is 18.3 Å². The van der Waals surface area contributed by atoms with E-state index >= 15 is 0 Å². The number of aromatic nitrogens is 3. The third kappa shape index (κ3) is 3.69. The molecule has 3 atom stereocenters. The number of hydrogen-bond donors (Lipinski definition) is 2. The van der Waals surface area contributed by atoms with Crippen molar-refractivity contribution in [2.75, 3.05) is 0 Å². The first-order valence-corrected chi connectivity index (χ1v) is 10.6. The Hall–Kier alpha value is -2.46. The van der Waals surface area contributed by atoms with E-state index in [0.29, 0.717) is 10.8 Å². The molecule has 1 fully saturated rings. The number of carboxylic acids is 1. The van der Waals surface area contributed by atoms with Gasteiger partial charge in [0.15, 0.2) is 5.82 Å². The van der Waals surface area contributed by atoms with Gasteiger partial charge in [0.25, 0.3) is 0 Å². The normalized spacial score (nSPS) is 22.9. The lowest BCUT2D eigenvalue weighted by Gasteiger charge is -2.16. The third-order valence-corrected chi connectivity index (χ3v) is 6.90. The molecular formula is C19H18Cl2N4O4S. The van der Waals surface area contributed by atoms with E-state index in [9.17, 15) is 18.3 Å². The van der Waals surface area contributed by atoms with Gasteiger partial charge in [-0.05, 0) is 23.6 Å². The lowest BCUT2D eigenvalue weighted by molar-refractivity contribution is -0.140. The summed E-state index contributed by atoms with van der Waals surface area (Å²) in [6.45, 7) is 1.72. The summed E-state index contributed by atoms with van der Waals surface area (Å²) in [7, 11) is -4.12. The van der Waals surface area contributed by atoms with Gasteiger partial charge < -0.3 is 5.11 Å². The number of sulfonamides is 1. The monoisotopic (exact) mass is 468 g/mol. The fraction of sp³-hybridized carbons (Fsp3) is 0.211. The Bertz CT molecular complexity index is 1170. The summed E-state index contributed by atoms with van der Waals surface area (Å²) in [5.74, 6) is -1.70. The molecule has 158 valence electrons. The van der Waals surface area contributed by atoms with Gasteiger partial charge in [0, 0.05) is 12.1 Å². The molecule has 2 heterocycles. The van der Waals surface area contributed by atoms with Crippen molar-refractivity contribution in [3.8, 4) is 5.82 Å². The summed E-state index contributed by atoms with van der Waals surface area (Å²) in [4.78, 5) is 16.0. The van der Waals surface area contributed by atoms with Crippen LogP contribution in [0.25, 0.3) is 5.82 Å². The summed E-state index contributed by atoms with van der Waals surface area (Å²) >= 11 is 5.83. The van der Waals surface area contributed by atoms with Crippen molar-refractivity contribution in [2.45, 2.75) is 23.3 Å². The number of halogens is 2. The van der Waals surface area contributed by atoms with E-state index in [1.807, 2.05) is 6.07 Å². The highest BCUT2D eigenvalue weighted by Crippen LogP contribution is 2.58. The van der Waals surface area contributed by atoms with Gasteiger partial charge in [-0.2, -0.15) is 9.82 Å². The Labute approximate surface area is 184 Å². The van der Waals surface area contributed by atoms with E-state index in [-0.39, 0.29) is 17.3 Å². The lowest BCUT2D eigenvalue weighted by atomic mass is 10.1. The van der Waals surface area contributed by atoms with Gasteiger partial charge in [-0.15, -0.1) is 12.4 Å². The molecule has 2 aromatic heterocycles. The molecule has 2 N–H and O–H groups in total. The van der Waals surface area contributed by atoms with Crippen LogP contribution in [0, 0.1) is 5.92 Å². The van der Waals surface area contributed by atoms with Crippen LogP contribution >= 0.6 is 24.0 Å². The van der Waals surface area contributed by atoms with E-state index in [0.717, 1.165) is 11.8 Å². The average Bonchev–Trinajstić information content (AvgIpc) is 3.05. The molecule has 30 heavy (non-hydrogen) atoms. The van der Waals surface area contributed by atoms with Crippen molar-refractivity contribution in [2.24, 2.45) is 5.92 Å². The van der Waals surface area contributed by atoms with Gasteiger partial charge in [0.2, 0.25) is 10.0 Å². The summed E-state index contributed by atoms with van der Waals surface area (Å²) < 4.78 is 29.6. The SMILES string of the molecule is CC1[C@H](c2ccccc2)[C@]1(NS(=O)(=O)c1ccc(-n2cc(Cl)cn2)nc1)C(=O)O.Cl. The Morgan fingerprint density at radius 1 is 1.20 bits per heavy atom. The van der Waals surface area contributed by atoms with Crippen LogP contribution in [0.3, 0.4) is 0 Å². The van der Waals surface area contributed by atoms with Gasteiger partial charge in [-0.3, -0.25) is 4.79 Å². The van der Waals surface area contributed by atoms with E-state index in [1.54, 1.807) is 31.2 Å². The molecule has 0 aliphatic heterocycles. The topological polar surface area (TPSA) is 114 Å². The highest BCUT2D eigenvalue weighted by molar-refractivity contribution is 7.89. The molecule has 1 unspecified atom stereocenters. The minimum absolute atomic E-state index is 0. The molecule has 1 aliphatic rings. The van der Waals surface area contributed by atoms with Gasteiger partial charge in [0.1, 0.15) is 10.4 Å². The van der Waals surface area contributed by atoms with Crippen molar-refractivity contribution in [3.05, 3.63) is 71.6 Å². The predicted octanol–water partition coefficient (Wildman–Crippen LogP) is 2.88. The molecule has 0 saturated heterocycles. The number of hydrogen-bond acceptors (Lipinski definition) is 5. The Balaban J connectivity index is 0.00000256. The first-order valence-electron chi connectivity index (χ1n) is 8.74. The maximum atomic E-state index is 12.9. The quantitative estimate of drug-likeness (QED) is 0.574. The zero-order valence-electron chi connectivity index (χ0n) is 15.6. The Morgan fingerprint density at radius 2 is 1.90 bits per heavy atom. The molecule has 4 rings (SSSR count). The number of aliphatic carboxylic acids is 1. The minimum atomic E-state index is -4.12. The lowest BCUT2D eigenvalue weighted by Crippen LogP contribution is -2.45. The Morgan fingerprint density at radius 3 is 2.43 bits per heavy atom. The molecule has 1 saturated carbocycles. The zero-order chi connectivity index (χ0) is 20.8. The highest BCUT2D eigenvalue weighted by atomic mass is 35.5. The van der Waals surface area contributed by atoms with Crippen LogP contribution in [0.1, 0.15) is 18.4 Å². The number of carboxylic acid groups (broad SMARTS) is 1. The van der Waals surface area contributed by atoms with Crippen LogP contribution in [0.4, 0.5) is 0 Å². The molecule has 1 aliphatic carbocycles. The first-order chi connectivity index (χ1) is 13.8. The second-order valence-electron chi connectivity index (χ2n) is 6.91. The highest BCUT2D eigenvalue weighted by Gasteiger charge is 2.70. The van der Waals surface area contributed by atoms with Crippen LogP contribution in [0.15, 0.2) is 66.0 Å². The van der Waals surface area contributed by atoms with Crippen LogP contribution in [-0.4, -0.2) is 39.8 Å². The summed E-state index contributed by atoms with van der Waals surface area (Å²) in [5.41, 5.74) is -0.830. The fourth-order valence-electron chi connectivity index (χ4n) is 3.68. The number of carbonyl (C=O) groups is 1. The minimum Gasteiger partial charge on any atom is -0.480 e. The van der Waals surface area contributed by atoms with E-state index < -0.39 is 33.4 Å². The molecule has 0 spiro atoms. The summed E-state index contributed by atoms with van der Waals surface area (Å²) in [5, 5.41) is 14.3. The second kappa shape index (κ2) is 7.99. The maximum absolute atomic E-state index is 12.9. The Kier molecular flexibility index (Phi) is 5.92. The smallest absolute Gasteiger partial charge is 0.325 e. The molecular weight excluding hydrogens is 451 g/mol. The summed E-state index contributed by atoms with van der Waals surface area (Å²) in [6.07, 6.45) is 4.13. The summed E-state index contributed by atoms with van der Waals surface area (Å²) in [6, 6.07) is 11.8. The van der Waals surface area contributed by atoms with Gasteiger partial charge in [-0.25, -0.2) is 18.1 Å². The first kappa shape index (κ1) is 22.2. The maximum Gasteiger partial charge on any atom is 0.325 e. The molecule has 11 heteroatoms. The standard InChI is InChI=1S/C19H17ClN4O4S.ClH/c1-12-17(13-5-3-2-4-6-13)19(12,18(25)26)23-29(27,28)15-7-8-16(21-10-15)24-11-14(20)9-22-24;/h2-12,17,23H,1H3,(H,25,26);1H/t12?,17-,19+;/m1./s1. The van der Waals surface area contributed by atoms with Crippen molar-refractivity contribution >= 4 is 40.0 Å². The zero-order valence-corrected chi connectivity index (χ0v) is 18.0. The molecule has 0 radical (unpaired) electrons. The molecule has 1 aromatic carbocycles. The van der Waals surface area contributed by atoms with Crippen LogP contribution in [-0.2, 0) is 14.8 Å². The van der Waals surface area contributed by atoms with Crippen LogP contribution < -0.4 is 4.72 Å². The second-order valence-corrected chi connectivity index (χ2v) is 9.03. The largest absolute Gasteiger partial charge is 0.480 e. The van der Waals surface area contributed by atoms with E-state index in [2.05, 4.69) is 14.8 Å². The number of nitrogens with zero attached hydrogens (tertiary/aromatic N) is 3. The van der Waals surface area contributed by atoms with Crippen LogP contribution in [0.2, 0.25) is 5.02 Å². The van der Waals surface area contributed by atoms with E-state index in [1.165, 1.54) is 29.2 Å². The molecule has 8 nitrogen and oxygen atoms in total. The van der Waals surface area contributed by atoms with Crippen molar-refractivity contribution in [1.29, 1.82) is 0 Å². The number of benzene rings is 1. The van der Waals surface area contributed by atoms with Gasteiger partial charge in [-0.1, -0.05) is 48.9 Å².